The van der Waals surface area contributed by atoms with Gasteiger partial charge in [0.2, 0.25) is 0 Å². The number of carbonyl (C=O) groups is 2. The number of urea groups is 1. The van der Waals surface area contributed by atoms with E-state index in [9.17, 15) is 9.59 Å². The van der Waals surface area contributed by atoms with Gasteiger partial charge in [0.05, 0.1) is 5.92 Å². The van der Waals surface area contributed by atoms with Crippen LogP contribution in [0, 0.1) is 5.92 Å². The molecule has 1 aliphatic heterocycles. The van der Waals surface area contributed by atoms with Gasteiger partial charge in [-0.15, -0.1) is 0 Å². The summed E-state index contributed by atoms with van der Waals surface area (Å²) < 4.78 is 0. The van der Waals surface area contributed by atoms with Crippen LogP contribution in [0.25, 0.3) is 0 Å². The number of carboxylic acids is 1. The highest BCUT2D eigenvalue weighted by Gasteiger charge is 2.27. The third-order valence-electron chi connectivity index (χ3n) is 3.39. The molecular formula is C12H19N5O3. The molecular weight excluding hydrogens is 262 g/mol. The van der Waals surface area contributed by atoms with Crippen molar-refractivity contribution in [1.82, 2.24) is 25.4 Å². The lowest BCUT2D eigenvalue weighted by atomic mass is 9.99. The number of aryl methyl sites for hydroxylation is 1. The second kappa shape index (κ2) is 6.88. The molecule has 1 saturated heterocycles. The third kappa shape index (κ3) is 3.94. The van der Waals surface area contributed by atoms with Gasteiger partial charge in [-0.2, -0.15) is 5.10 Å². The average molecular weight is 281 g/mol. The summed E-state index contributed by atoms with van der Waals surface area (Å²) >= 11 is 0. The first-order valence-corrected chi connectivity index (χ1v) is 6.76. The minimum atomic E-state index is -0.826. The first-order valence-electron chi connectivity index (χ1n) is 6.76. The standard InChI is InChI=1S/C12H19N5O3/c18-11(19)9-3-2-6-17(7-9)12(20)13-5-1-4-10-14-8-15-16-10/h8-9H,1-7H2,(H,13,20)(H,18,19)(H,14,15,16). The quantitative estimate of drug-likeness (QED) is 0.670. The second-order valence-electron chi connectivity index (χ2n) is 4.89. The number of nitrogens with one attached hydrogen (secondary N) is 2. The molecule has 0 aliphatic carbocycles. The molecule has 2 amide bonds. The summed E-state index contributed by atoms with van der Waals surface area (Å²) in [7, 11) is 0. The van der Waals surface area contributed by atoms with Crippen LogP contribution in [0.3, 0.4) is 0 Å². The number of hydrogen-bond acceptors (Lipinski definition) is 4. The number of likely N-dealkylation sites (tertiary alicyclic amines) is 1. The fraction of sp³-hybridized carbons (Fsp3) is 0.667. The van der Waals surface area contributed by atoms with Crippen molar-refractivity contribution in [2.75, 3.05) is 19.6 Å². The Balaban J connectivity index is 1.67. The van der Waals surface area contributed by atoms with E-state index in [-0.39, 0.29) is 6.03 Å². The maximum Gasteiger partial charge on any atom is 0.317 e. The minimum absolute atomic E-state index is 0.187. The number of aromatic amines is 1. The number of carboxylic acid groups (broad SMARTS) is 1. The van der Waals surface area contributed by atoms with Gasteiger partial charge >= 0.3 is 12.0 Å². The fourth-order valence-electron chi connectivity index (χ4n) is 2.28. The number of carbonyl (C=O) groups excluding carboxylic acids is 1. The Morgan fingerprint density at radius 1 is 1.55 bits per heavy atom. The number of nitrogens with zero attached hydrogens (tertiary/aromatic N) is 3. The molecule has 3 N–H and O–H groups in total. The summed E-state index contributed by atoms with van der Waals surface area (Å²) in [6.07, 6.45) is 4.32. The van der Waals surface area contributed by atoms with E-state index in [4.69, 9.17) is 5.11 Å². The van der Waals surface area contributed by atoms with Crippen molar-refractivity contribution in [2.45, 2.75) is 25.7 Å². The van der Waals surface area contributed by atoms with E-state index >= 15 is 0 Å². The molecule has 2 heterocycles. The zero-order valence-corrected chi connectivity index (χ0v) is 11.2. The van der Waals surface area contributed by atoms with Crippen molar-refractivity contribution in [3.8, 4) is 0 Å². The largest absolute Gasteiger partial charge is 0.481 e. The number of aromatic nitrogens is 3. The van der Waals surface area contributed by atoms with Crippen molar-refractivity contribution in [3.05, 3.63) is 12.2 Å². The van der Waals surface area contributed by atoms with Crippen molar-refractivity contribution in [3.63, 3.8) is 0 Å². The Bertz CT molecular complexity index is 448. The summed E-state index contributed by atoms with van der Waals surface area (Å²) in [6, 6.07) is -0.187. The van der Waals surface area contributed by atoms with Gasteiger partial charge in [-0.25, -0.2) is 9.78 Å². The van der Waals surface area contributed by atoms with Gasteiger partial charge in [0, 0.05) is 26.1 Å². The topological polar surface area (TPSA) is 111 Å². The summed E-state index contributed by atoms with van der Waals surface area (Å²) in [6.45, 7) is 1.45. The highest BCUT2D eigenvalue weighted by molar-refractivity contribution is 5.76. The Kier molecular flexibility index (Phi) is 4.91. The molecule has 0 bridgehead atoms. The zero-order chi connectivity index (χ0) is 14.4. The monoisotopic (exact) mass is 281 g/mol. The molecule has 1 aliphatic rings. The predicted molar refractivity (Wildman–Crippen MR) is 70.0 cm³/mol. The number of hydrogen-bond donors (Lipinski definition) is 3. The summed E-state index contributed by atoms with van der Waals surface area (Å²) in [4.78, 5) is 28.4. The molecule has 1 aromatic heterocycles. The van der Waals surface area contributed by atoms with E-state index < -0.39 is 11.9 Å². The fourth-order valence-corrected chi connectivity index (χ4v) is 2.28. The molecule has 8 nitrogen and oxygen atoms in total. The van der Waals surface area contributed by atoms with Gasteiger partial charge in [0.15, 0.2) is 0 Å². The molecule has 0 radical (unpaired) electrons. The highest BCUT2D eigenvalue weighted by Crippen LogP contribution is 2.16. The molecule has 8 heteroatoms. The van der Waals surface area contributed by atoms with Crippen LogP contribution in [-0.2, 0) is 11.2 Å². The maximum atomic E-state index is 11.9. The Hall–Kier alpha value is -2.12. The molecule has 110 valence electrons. The van der Waals surface area contributed by atoms with E-state index in [1.165, 1.54) is 6.33 Å². The van der Waals surface area contributed by atoms with Crippen LogP contribution in [0.5, 0.6) is 0 Å². The van der Waals surface area contributed by atoms with E-state index in [1.807, 2.05) is 0 Å². The number of aliphatic carboxylic acids is 1. The lowest BCUT2D eigenvalue weighted by molar-refractivity contribution is -0.143. The van der Waals surface area contributed by atoms with Crippen LogP contribution in [0.2, 0.25) is 0 Å². The normalized spacial score (nSPS) is 18.8. The van der Waals surface area contributed by atoms with E-state index in [0.29, 0.717) is 26.1 Å². The zero-order valence-electron chi connectivity index (χ0n) is 11.2. The molecule has 2 rings (SSSR count). The molecule has 0 aromatic carbocycles. The van der Waals surface area contributed by atoms with Gasteiger partial charge in [0.1, 0.15) is 12.2 Å². The summed E-state index contributed by atoms with van der Waals surface area (Å²) in [5.74, 6) is -0.473. The van der Waals surface area contributed by atoms with Crippen molar-refractivity contribution in [1.29, 1.82) is 0 Å². The number of amides is 2. The van der Waals surface area contributed by atoms with Crippen LogP contribution in [0.4, 0.5) is 4.79 Å². The van der Waals surface area contributed by atoms with Crippen molar-refractivity contribution in [2.24, 2.45) is 5.92 Å². The maximum absolute atomic E-state index is 11.9. The number of piperidine rings is 1. The molecule has 1 atom stereocenters. The molecule has 1 unspecified atom stereocenters. The number of H-pyrrole nitrogens is 1. The van der Waals surface area contributed by atoms with Crippen LogP contribution in [-0.4, -0.2) is 56.8 Å². The van der Waals surface area contributed by atoms with Crippen molar-refractivity contribution < 1.29 is 14.7 Å². The molecule has 1 fully saturated rings. The summed E-state index contributed by atoms with van der Waals surface area (Å²) in [5.41, 5.74) is 0. The van der Waals surface area contributed by atoms with Crippen LogP contribution >= 0.6 is 0 Å². The smallest absolute Gasteiger partial charge is 0.317 e. The van der Waals surface area contributed by atoms with Gasteiger partial charge in [0.25, 0.3) is 0 Å². The van der Waals surface area contributed by atoms with Crippen LogP contribution in [0.1, 0.15) is 25.1 Å². The Labute approximate surface area is 116 Å². The molecule has 0 spiro atoms. The van der Waals surface area contributed by atoms with Gasteiger partial charge in [-0.1, -0.05) is 0 Å². The molecule has 20 heavy (non-hydrogen) atoms. The van der Waals surface area contributed by atoms with E-state index in [1.54, 1.807) is 4.90 Å². The molecule has 0 saturated carbocycles. The van der Waals surface area contributed by atoms with Crippen LogP contribution < -0.4 is 5.32 Å². The summed E-state index contributed by atoms with van der Waals surface area (Å²) in [5, 5.41) is 18.3. The lowest BCUT2D eigenvalue weighted by Gasteiger charge is -2.30. The average Bonchev–Trinajstić information content (AvgIpc) is 2.96. The van der Waals surface area contributed by atoms with Crippen molar-refractivity contribution >= 4 is 12.0 Å². The minimum Gasteiger partial charge on any atom is -0.481 e. The highest BCUT2D eigenvalue weighted by atomic mass is 16.4. The molecule has 1 aromatic rings. The van der Waals surface area contributed by atoms with E-state index in [2.05, 4.69) is 20.5 Å². The predicted octanol–water partition coefficient (Wildman–Crippen LogP) is 0.244. The second-order valence-corrected chi connectivity index (χ2v) is 4.89. The SMILES string of the molecule is O=C(O)C1CCCN(C(=O)NCCCc2ncn[nH]2)C1. The van der Waals surface area contributed by atoms with Gasteiger partial charge < -0.3 is 15.3 Å². The van der Waals surface area contributed by atoms with E-state index in [0.717, 1.165) is 25.1 Å². The third-order valence-corrected chi connectivity index (χ3v) is 3.39. The van der Waals surface area contributed by atoms with Gasteiger partial charge in [-0.05, 0) is 19.3 Å². The van der Waals surface area contributed by atoms with Crippen LogP contribution in [0.15, 0.2) is 6.33 Å². The lowest BCUT2D eigenvalue weighted by Crippen LogP contribution is -2.47. The number of rotatable bonds is 5. The first-order chi connectivity index (χ1) is 9.66. The Morgan fingerprint density at radius 3 is 3.10 bits per heavy atom. The first kappa shape index (κ1) is 14.3. The van der Waals surface area contributed by atoms with Gasteiger partial charge in [-0.3, -0.25) is 9.89 Å². The Morgan fingerprint density at radius 2 is 2.40 bits per heavy atom.